The fourth-order valence-corrected chi connectivity index (χ4v) is 1.87. The van der Waals surface area contributed by atoms with Gasteiger partial charge >= 0.3 is 0 Å². The van der Waals surface area contributed by atoms with Gasteiger partial charge in [-0.05, 0) is 31.2 Å². The van der Waals surface area contributed by atoms with Crippen molar-refractivity contribution in [1.29, 1.82) is 0 Å². The third kappa shape index (κ3) is 4.84. The molecule has 0 saturated heterocycles. The second-order valence-electron chi connectivity index (χ2n) is 4.84. The van der Waals surface area contributed by atoms with Crippen LogP contribution in [0, 0.1) is 0 Å². The van der Waals surface area contributed by atoms with Crippen molar-refractivity contribution in [2.75, 3.05) is 12.4 Å². The Morgan fingerprint density at radius 2 is 1.92 bits per heavy atom. The van der Waals surface area contributed by atoms with E-state index in [0.29, 0.717) is 22.7 Å². The number of anilines is 1. The molecule has 0 radical (unpaired) electrons. The molecule has 0 spiro atoms. The highest BCUT2D eigenvalue weighted by Crippen LogP contribution is 2.22. The summed E-state index contributed by atoms with van der Waals surface area (Å²) >= 11 is 0. The third-order valence-corrected chi connectivity index (χ3v) is 3.01. The zero-order valence-corrected chi connectivity index (χ0v) is 13.4. The number of ether oxygens (including phenoxy) is 1. The Morgan fingerprint density at radius 1 is 1.12 bits per heavy atom. The summed E-state index contributed by atoms with van der Waals surface area (Å²) < 4.78 is 5.17. The summed E-state index contributed by atoms with van der Waals surface area (Å²) in [5.74, 6) is -0.129. The van der Waals surface area contributed by atoms with Crippen LogP contribution in [0.4, 0.5) is 5.69 Å². The number of hydrogen-bond acceptors (Lipinski definition) is 5. The summed E-state index contributed by atoms with van der Waals surface area (Å²) in [4.78, 5) is 27.7. The van der Waals surface area contributed by atoms with Gasteiger partial charge in [0.05, 0.1) is 18.4 Å². The third-order valence-electron chi connectivity index (χ3n) is 3.01. The van der Waals surface area contributed by atoms with Crippen molar-refractivity contribution in [1.82, 2.24) is 15.8 Å². The highest BCUT2D eigenvalue weighted by Gasteiger charge is 2.06. The van der Waals surface area contributed by atoms with Crippen molar-refractivity contribution in [2.45, 2.75) is 6.92 Å². The Bertz CT molecular complexity index is 745. The first kappa shape index (κ1) is 17.0. The maximum absolute atomic E-state index is 12.0. The van der Waals surface area contributed by atoms with Gasteiger partial charge in [0.15, 0.2) is 0 Å². The average molecular weight is 326 g/mol. The summed E-state index contributed by atoms with van der Waals surface area (Å²) in [6, 6.07) is 10.4. The van der Waals surface area contributed by atoms with Crippen LogP contribution >= 0.6 is 0 Å². The van der Waals surface area contributed by atoms with E-state index in [1.165, 1.54) is 19.4 Å². The van der Waals surface area contributed by atoms with E-state index in [0.717, 1.165) is 0 Å². The topological polar surface area (TPSA) is 92.4 Å². The van der Waals surface area contributed by atoms with Gasteiger partial charge in [-0.3, -0.25) is 20.0 Å². The lowest BCUT2D eigenvalue weighted by molar-refractivity contribution is -0.112. The van der Waals surface area contributed by atoms with E-state index in [2.05, 4.69) is 21.2 Å². The normalized spacial score (nSPS) is 10.7. The fourth-order valence-electron chi connectivity index (χ4n) is 1.87. The number of methoxy groups -OCH3 is 1. The molecule has 1 aromatic carbocycles. The summed E-state index contributed by atoms with van der Waals surface area (Å²) in [5.41, 5.74) is 6.60. The van der Waals surface area contributed by atoms with Crippen molar-refractivity contribution in [3.8, 4) is 5.75 Å². The zero-order chi connectivity index (χ0) is 17.4. The number of carbonyl (C=O) groups is 2. The molecule has 0 saturated carbocycles. The molecule has 1 heterocycles. The van der Waals surface area contributed by atoms with E-state index < -0.39 is 0 Å². The highest BCUT2D eigenvalue weighted by molar-refractivity contribution is 6.00. The summed E-state index contributed by atoms with van der Waals surface area (Å²) in [6.07, 6.45) is 4.36. The molecular formula is C17H18N4O3. The minimum atomic E-state index is -0.347. The minimum Gasteiger partial charge on any atom is -0.495 e. The fraction of sp³-hybridized carbons (Fsp3) is 0.118. The Morgan fingerprint density at radius 3 is 2.62 bits per heavy atom. The number of hydrogen-bond donors (Lipinski definition) is 3. The number of carbonyl (C=O) groups excluding carboxylic acids is 2. The largest absolute Gasteiger partial charge is 0.495 e. The van der Waals surface area contributed by atoms with Crippen molar-refractivity contribution in [3.63, 3.8) is 0 Å². The summed E-state index contributed by atoms with van der Waals surface area (Å²) in [7, 11) is 1.53. The van der Waals surface area contributed by atoms with Gasteiger partial charge in [0, 0.05) is 24.2 Å². The monoisotopic (exact) mass is 326 g/mol. The predicted molar refractivity (Wildman–Crippen MR) is 90.2 cm³/mol. The van der Waals surface area contributed by atoms with Crippen LogP contribution in [0.2, 0.25) is 0 Å². The number of benzene rings is 1. The van der Waals surface area contributed by atoms with E-state index in [1.807, 2.05) is 6.07 Å². The van der Waals surface area contributed by atoms with E-state index in [9.17, 15) is 9.59 Å². The van der Waals surface area contributed by atoms with Crippen LogP contribution in [0.3, 0.4) is 0 Å². The first-order chi connectivity index (χ1) is 11.6. The van der Waals surface area contributed by atoms with Crippen molar-refractivity contribution in [2.24, 2.45) is 0 Å². The maximum Gasteiger partial charge on any atom is 0.271 e. The Labute approximate surface area is 139 Å². The molecule has 1 aromatic heterocycles. The van der Waals surface area contributed by atoms with Crippen LogP contribution in [0.1, 0.15) is 17.3 Å². The van der Waals surface area contributed by atoms with E-state index in [-0.39, 0.29) is 11.8 Å². The molecule has 0 unspecified atom stereocenters. The van der Waals surface area contributed by atoms with Crippen molar-refractivity contribution < 1.29 is 14.3 Å². The quantitative estimate of drug-likeness (QED) is 0.557. The number of nitrogens with zero attached hydrogens (tertiary/aromatic N) is 1. The lowest BCUT2D eigenvalue weighted by atomic mass is 10.3. The standard InChI is InChI=1S/C17H18N4O3/c1-12(20-21-17(23)13-6-5-9-18-11-13)10-16(22)19-14-7-3-4-8-15(14)24-2/h3-11,20H,1-2H3,(H,19,22)(H,21,23)/b12-10-. The first-order valence-electron chi connectivity index (χ1n) is 7.19. The van der Waals surface area contributed by atoms with Crippen LogP contribution in [0.25, 0.3) is 0 Å². The molecule has 24 heavy (non-hydrogen) atoms. The smallest absolute Gasteiger partial charge is 0.271 e. The maximum atomic E-state index is 12.0. The molecular weight excluding hydrogens is 308 g/mol. The average Bonchev–Trinajstić information content (AvgIpc) is 2.60. The molecule has 0 atom stereocenters. The van der Waals surface area contributed by atoms with Gasteiger partial charge in [-0.25, -0.2) is 0 Å². The SMILES string of the molecule is COc1ccccc1NC(=O)/C=C(/C)NNC(=O)c1cccnc1. The number of para-hydroxylation sites is 2. The second-order valence-corrected chi connectivity index (χ2v) is 4.84. The van der Waals surface area contributed by atoms with Gasteiger partial charge in [0.25, 0.3) is 5.91 Å². The molecule has 7 nitrogen and oxygen atoms in total. The van der Waals surface area contributed by atoms with E-state index >= 15 is 0 Å². The van der Waals surface area contributed by atoms with E-state index in [4.69, 9.17) is 4.74 Å². The predicted octanol–water partition coefficient (Wildman–Crippen LogP) is 1.87. The molecule has 3 N–H and O–H groups in total. The Hall–Kier alpha value is -3.35. The molecule has 7 heteroatoms. The summed E-state index contributed by atoms with van der Waals surface area (Å²) in [6.45, 7) is 1.66. The molecule has 2 rings (SSSR count). The molecule has 0 aliphatic heterocycles. The number of allylic oxidation sites excluding steroid dienone is 1. The number of amides is 2. The van der Waals surface area contributed by atoms with Crippen LogP contribution in [0.5, 0.6) is 5.75 Å². The minimum absolute atomic E-state index is 0.346. The number of hydrazine groups is 1. The second kappa shape index (κ2) is 8.33. The van der Waals surface area contributed by atoms with Gasteiger partial charge in [-0.15, -0.1) is 0 Å². The molecule has 124 valence electrons. The van der Waals surface area contributed by atoms with Crippen LogP contribution in [-0.2, 0) is 4.79 Å². The van der Waals surface area contributed by atoms with Gasteiger partial charge in [0.1, 0.15) is 5.75 Å². The molecule has 0 fully saturated rings. The number of pyridine rings is 1. The summed E-state index contributed by atoms with van der Waals surface area (Å²) in [5, 5.41) is 2.71. The number of rotatable bonds is 6. The zero-order valence-electron chi connectivity index (χ0n) is 13.4. The van der Waals surface area contributed by atoms with Gasteiger partial charge in [-0.2, -0.15) is 0 Å². The number of aromatic nitrogens is 1. The highest BCUT2D eigenvalue weighted by atomic mass is 16.5. The lowest BCUT2D eigenvalue weighted by Crippen LogP contribution is -2.36. The Balaban J connectivity index is 1.90. The van der Waals surface area contributed by atoms with Gasteiger partial charge in [-0.1, -0.05) is 12.1 Å². The lowest BCUT2D eigenvalue weighted by Gasteiger charge is -2.10. The molecule has 2 amide bonds. The van der Waals surface area contributed by atoms with Gasteiger partial charge < -0.3 is 15.5 Å². The van der Waals surface area contributed by atoms with Crippen LogP contribution < -0.4 is 20.9 Å². The van der Waals surface area contributed by atoms with Gasteiger partial charge in [0.2, 0.25) is 5.91 Å². The molecule has 2 aromatic rings. The van der Waals surface area contributed by atoms with E-state index in [1.54, 1.807) is 43.5 Å². The number of nitrogens with one attached hydrogen (secondary N) is 3. The molecule has 0 aliphatic rings. The van der Waals surface area contributed by atoms with Crippen molar-refractivity contribution >= 4 is 17.5 Å². The molecule has 0 bridgehead atoms. The van der Waals surface area contributed by atoms with Crippen molar-refractivity contribution in [3.05, 3.63) is 66.1 Å². The van der Waals surface area contributed by atoms with Crippen LogP contribution in [-0.4, -0.2) is 23.9 Å². The molecule has 0 aliphatic carbocycles. The van der Waals surface area contributed by atoms with Crippen LogP contribution in [0.15, 0.2) is 60.6 Å². The Kier molecular flexibility index (Phi) is 5.90. The first-order valence-corrected chi connectivity index (χ1v) is 7.19.